The van der Waals surface area contributed by atoms with Gasteiger partial charge in [0.1, 0.15) is 0 Å². The summed E-state index contributed by atoms with van der Waals surface area (Å²) in [5.74, 6) is 0.846. The van der Waals surface area contributed by atoms with Crippen LogP contribution in [0.4, 0.5) is 0 Å². The highest BCUT2D eigenvalue weighted by atomic mass is 15.0. The topological polar surface area (TPSA) is 17.0 Å². The fourth-order valence-electron chi connectivity index (χ4n) is 2.54. The third kappa shape index (κ3) is 2.63. The molecule has 1 aliphatic carbocycles. The first-order valence-electron chi connectivity index (χ1n) is 6.11. The molecule has 1 heterocycles. The Kier molecular flexibility index (Phi) is 3.47. The molecule has 0 amide bonds. The van der Waals surface area contributed by atoms with E-state index in [1.807, 2.05) is 0 Å². The summed E-state index contributed by atoms with van der Waals surface area (Å²) in [4.78, 5) is 0. The van der Waals surface area contributed by atoms with Gasteiger partial charge in [-0.05, 0) is 30.9 Å². The van der Waals surface area contributed by atoms with Crippen molar-refractivity contribution >= 4 is 0 Å². The third-order valence-electron chi connectivity index (χ3n) is 3.71. The average molecular weight is 206 g/mol. The van der Waals surface area contributed by atoms with Gasteiger partial charge in [0.25, 0.3) is 0 Å². The van der Waals surface area contributed by atoms with Gasteiger partial charge in [0.15, 0.2) is 0 Å². The lowest BCUT2D eigenvalue weighted by Crippen LogP contribution is -2.37. The number of aryl methyl sites for hydroxylation is 1. The maximum absolute atomic E-state index is 3.69. The maximum Gasteiger partial charge on any atom is 0.0361 e. The van der Waals surface area contributed by atoms with Gasteiger partial charge in [0.2, 0.25) is 0 Å². The lowest BCUT2D eigenvalue weighted by molar-refractivity contribution is 0.278. The molecule has 2 unspecified atom stereocenters. The fraction of sp³-hybridized carbons (Fsp3) is 0.692. The molecule has 2 rings (SSSR count). The molecule has 2 atom stereocenters. The maximum atomic E-state index is 3.69. The van der Waals surface area contributed by atoms with Crippen LogP contribution >= 0.6 is 0 Å². The summed E-state index contributed by atoms with van der Waals surface area (Å²) >= 11 is 0. The van der Waals surface area contributed by atoms with E-state index >= 15 is 0 Å². The lowest BCUT2D eigenvalue weighted by atomic mass is 9.86. The van der Waals surface area contributed by atoms with Crippen LogP contribution in [-0.4, -0.2) is 10.6 Å². The second-order valence-electron chi connectivity index (χ2n) is 4.86. The molecule has 2 heteroatoms. The van der Waals surface area contributed by atoms with Crippen LogP contribution in [0.1, 0.15) is 38.3 Å². The van der Waals surface area contributed by atoms with Crippen LogP contribution in [0.5, 0.6) is 0 Å². The Morgan fingerprint density at radius 1 is 1.40 bits per heavy atom. The molecule has 84 valence electrons. The van der Waals surface area contributed by atoms with Crippen LogP contribution in [0.15, 0.2) is 18.3 Å². The Morgan fingerprint density at radius 3 is 2.87 bits per heavy atom. The summed E-state index contributed by atoms with van der Waals surface area (Å²) in [6.45, 7) is 3.39. The Morgan fingerprint density at radius 2 is 2.20 bits per heavy atom. The van der Waals surface area contributed by atoms with Gasteiger partial charge >= 0.3 is 0 Å². The molecule has 0 aromatic carbocycles. The van der Waals surface area contributed by atoms with Crippen LogP contribution in [0.3, 0.4) is 0 Å². The summed E-state index contributed by atoms with van der Waals surface area (Å²) < 4.78 is 2.19. The van der Waals surface area contributed by atoms with Gasteiger partial charge in [-0.15, -0.1) is 0 Å². The first-order valence-corrected chi connectivity index (χ1v) is 6.11. The number of hydrogen-bond acceptors (Lipinski definition) is 1. The predicted octanol–water partition coefficient (Wildman–Crippen LogP) is 2.69. The highest BCUT2D eigenvalue weighted by molar-refractivity contribution is 5.06. The van der Waals surface area contributed by atoms with Crippen LogP contribution in [0.25, 0.3) is 0 Å². The molecular weight excluding hydrogens is 184 g/mol. The Hall–Kier alpha value is -0.760. The number of aromatic nitrogens is 1. The molecule has 0 aliphatic heterocycles. The van der Waals surface area contributed by atoms with Crippen molar-refractivity contribution in [2.45, 2.75) is 45.2 Å². The summed E-state index contributed by atoms with van der Waals surface area (Å²) in [5, 5.41) is 3.69. The second-order valence-corrected chi connectivity index (χ2v) is 4.86. The third-order valence-corrected chi connectivity index (χ3v) is 3.71. The molecule has 2 nitrogen and oxygen atoms in total. The average Bonchev–Trinajstić information content (AvgIpc) is 2.63. The zero-order valence-electron chi connectivity index (χ0n) is 9.87. The molecule has 1 aliphatic rings. The van der Waals surface area contributed by atoms with Crippen LogP contribution < -0.4 is 5.32 Å². The second kappa shape index (κ2) is 4.84. The fourth-order valence-corrected chi connectivity index (χ4v) is 2.54. The zero-order valence-corrected chi connectivity index (χ0v) is 9.87. The molecule has 1 saturated carbocycles. The standard InChI is InChI=1S/C13H22N2/c1-11-6-3-4-8-13(11)14-10-12-7-5-9-15(12)2/h5,7,9,11,13-14H,3-4,6,8,10H2,1-2H3. The SMILES string of the molecule is CC1CCCCC1NCc1cccn1C. The first kappa shape index (κ1) is 10.7. The molecule has 0 saturated heterocycles. The summed E-state index contributed by atoms with van der Waals surface area (Å²) in [6.07, 6.45) is 7.68. The van der Waals surface area contributed by atoms with Crippen molar-refractivity contribution in [2.75, 3.05) is 0 Å². The first-order chi connectivity index (χ1) is 7.27. The van der Waals surface area contributed by atoms with Crippen LogP contribution in [0.2, 0.25) is 0 Å². The summed E-state index contributed by atoms with van der Waals surface area (Å²) in [6, 6.07) is 5.04. The van der Waals surface area contributed by atoms with E-state index in [0.29, 0.717) is 0 Å². The van der Waals surface area contributed by atoms with Crippen LogP contribution in [0, 0.1) is 5.92 Å². The Labute approximate surface area is 92.7 Å². The smallest absolute Gasteiger partial charge is 0.0361 e. The minimum atomic E-state index is 0.730. The van der Waals surface area contributed by atoms with E-state index in [-0.39, 0.29) is 0 Å². The van der Waals surface area contributed by atoms with E-state index in [1.165, 1.54) is 31.4 Å². The van der Waals surface area contributed by atoms with E-state index in [1.54, 1.807) is 0 Å². The van der Waals surface area contributed by atoms with Crippen molar-refractivity contribution in [2.24, 2.45) is 13.0 Å². The van der Waals surface area contributed by atoms with E-state index in [2.05, 4.69) is 42.2 Å². The Balaban J connectivity index is 1.84. The molecule has 1 aromatic rings. The van der Waals surface area contributed by atoms with Crippen LogP contribution in [-0.2, 0) is 13.6 Å². The molecule has 1 fully saturated rings. The van der Waals surface area contributed by atoms with Gasteiger partial charge in [-0.3, -0.25) is 0 Å². The highest BCUT2D eigenvalue weighted by Crippen LogP contribution is 2.23. The number of hydrogen-bond donors (Lipinski definition) is 1. The van der Waals surface area contributed by atoms with Gasteiger partial charge in [0.05, 0.1) is 0 Å². The molecular formula is C13H22N2. The van der Waals surface area contributed by atoms with Gasteiger partial charge in [-0.25, -0.2) is 0 Å². The predicted molar refractivity (Wildman–Crippen MR) is 63.7 cm³/mol. The van der Waals surface area contributed by atoms with Gasteiger partial charge in [-0.2, -0.15) is 0 Å². The molecule has 1 aromatic heterocycles. The quantitative estimate of drug-likeness (QED) is 0.804. The molecule has 0 bridgehead atoms. The van der Waals surface area contributed by atoms with Crippen molar-refractivity contribution < 1.29 is 0 Å². The van der Waals surface area contributed by atoms with E-state index in [4.69, 9.17) is 0 Å². The zero-order chi connectivity index (χ0) is 10.7. The molecule has 1 N–H and O–H groups in total. The number of rotatable bonds is 3. The molecule has 0 spiro atoms. The summed E-state index contributed by atoms with van der Waals surface area (Å²) in [7, 11) is 2.11. The largest absolute Gasteiger partial charge is 0.353 e. The van der Waals surface area contributed by atoms with E-state index in [9.17, 15) is 0 Å². The van der Waals surface area contributed by atoms with Gasteiger partial charge < -0.3 is 9.88 Å². The van der Waals surface area contributed by atoms with E-state index in [0.717, 1.165) is 18.5 Å². The van der Waals surface area contributed by atoms with Crippen molar-refractivity contribution in [3.05, 3.63) is 24.0 Å². The van der Waals surface area contributed by atoms with Gasteiger partial charge in [0, 0.05) is 31.5 Å². The number of nitrogens with zero attached hydrogens (tertiary/aromatic N) is 1. The minimum Gasteiger partial charge on any atom is -0.353 e. The molecule has 0 radical (unpaired) electrons. The lowest BCUT2D eigenvalue weighted by Gasteiger charge is -2.29. The highest BCUT2D eigenvalue weighted by Gasteiger charge is 2.20. The van der Waals surface area contributed by atoms with Crippen molar-refractivity contribution in [1.82, 2.24) is 9.88 Å². The summed E-state index contributed by atoms with van der Waals surface area (Å²) in [5.41, 5.74) is 1.38. The normalized spacial score (nSPS) is 26.8. The van der Waals surface area contributed by atoms with Gasteiger partial charge in [-0.1, -0.05) is 19.8 Å². The monoisotopic (exact) mass is 206 g/mol. The molecule has 15 heavy (non-hydrogen) atoms. The van der Waals surface area contributed by atoms with Crippen molar-refractivity contribution in [3.63, 3.8) is 0 Å². The van der Waals surface area contributed by atoms with Crippen molar-refractivity contribution in [1.29, 1.82) is 0 Å². The Bertz CT molecular complexity index is 303. The number of nitrogens with one attached hydrogen (secondary N) is 1. The van der Waals surface area contributed by atoms with E-state index < -0.39 is 0 Å². The minimum absolute atomic E-state index is 0.730. The van der Waals surface area contributed by atoms with Crippen molar-refractivity contribution in [3.8, 4) is 0 Å².